The maximum Gasteiger partial charge on any atom is 0.303 e. The molecule has 5 nitrogen and oxygen atoms in total. The quantitative estimate of drug-likeness (QED) is 0.536. The van der Waals surface area contributed by atoms with Crippen molar-refractivity contribution in [2.75, 3.05) is 0 Å². The summed E-state index contributed by atoms with van der Waals surface area (Å²) in [7, 11) is -3.52. The minimum Gasteiger partial charge on any atom is -0.481 e. The average Bonchev–Trinajstić information content (AvgIpc) is 3.17. The van der Waals surface area contributed by atoms with Crippen LogP contribution in [0.1, 0.15) is 44.1 Å². The van der Waals surface area contributed by atoms with E-state index in [0.29, 0.717) is 23.2 Å². The van der Waals surface area contributed by atoms with E-state index in [1.165, 1.54) is 0 Å². The highest BCUT2D eigenvalue weighted by atomic mass is 32.2. The second kappa shape index (κ2) is 7.92. The molecule has 3 rings (SSSR count). The van der Waals surface area contributed by atoms with Crippen LogP contribution in [0.15, 0.2) is 41.3 Å². The molecule has 26 heavy (non-hydrogen) atoms. The normalized spacial score (nSPS) is 28.0. The zero-order chi connectivity index (χ0) is 18.7. The van der Waals surface area contributed by atoms with Crippen molar-refractivity contribution in [3.8, 4) is 0 Å². The van der Waals surface area contributed by atoms with E-state index in [0.717, 1.165) is 31.2 Å². The third-order valence-electron chi connectivity index (χ3n) is 5.72. The number of carbonyl (C=O) groups is 1. The fourth-order valence-electron chi connectivity index (χ4n) is 4.38. The Kier molecular flexibility index (Phi) is 5.82. The van der Waals surface area contributed by atoms with Crippen molar-refractivity contribution in [2.24, 2.45) is 17.8 Å². The Morgan fingerprint density at radius 3 is 2.62 bits per heavy atom. The number of aliphatic carboxylic acids is 1. The number of unbranched alkanes of at least 4 members (excludes halogenated alkanes) is 1. The van der Waals surface area contributed by atoms with Crippen LogP contribution in [0, 0.1) is 24.7 Å². The number of benzene rings is 1. The van der Waals surface area contributed by atoms with Crippen LogP contribution in [-0.2, 0) is 14.8 Å². The molecule has 0 saturated heterocycles. The van der Waals surface area contributed by atoms with Gasteiger partial charge in [0.2, 0.25) is 10.0 Å². The lowest BCUT2D eigenvalue weighted by Gasteiger charge is -2.29. The molecule has 4 atom stereocenters. The molecule has 6 heteroatoms. The first-order valence-corrected chi connectivity index (χ1v) is 10.8. The lowest BCUT2D eigenvalue weighted by molar-refractivity contribution is -0.137. The van der Waals surface area contributed by atoms with Crippen molar-refractivity contribution in [1.82, 2.24) is 4.72 Å². The summed E-state index contributed by atoms with van der Waals surface area (Å²) in [5.41, 5.74) is 1.03. The van der Waals surface area contributed by atoms with Crippen molar-refractivity contribution in [3.63, 3.8) is 0 Å². The minimum absolute atomic E-state index is 0.0595. The zero-order valence-corrected chi connectivity index (χ0v) is 15.9. The molecular formula is C20H27NO4S. The predicted octanol–water partition coefficient (Wildman–Crippen LogP) is 3.50. The van der Waals surface area contributed by atoms with Gasteiger partial charge in [-0.3, -0.25) is 4.79 Å². The Morgan fingerprint density at radius 2 is 1.92 bits per heavy atom. The molecule has 2 aliphatic rings. The molecular weight excluding hydrogens is 350 g/mol. The van der Waals surface area contributed by atoms with Gasteiger partial charge in [-0.2, -0.15) is 0 Å². The molecule has 0 heterocycles. The first kappa shape index (κ1) is 19.1. The van der Waals surface area contributed by atoms with E-state index in [2.05, 4.69) is 10.8 Å². The Hall–Kier alpha value is -1.66. The highest BCUT2D eigenvalue weighted by Crippen LogP contribution is 2.49. The highest BCUT2D eigenvalue weighted by Gasteiger charge is 2.47. The summed E-state index contributed by atoms with van der Waals surface area (Å²) in [5.74, 6) is 0.358. The van der Waals surface area contributed by atoms with Crippen molar-refractivity contribution < 1.29 is 18.3 Å². The van der Waals surface area contributed by atoms with E-state index in [-0.39, 0.29) is 18.4 Å². The van der Waals surface area contributed by atoms with Gasteiger partial charge in [0.25, 0.3) is 0 Å². The number of carboxylic acids is 1. The van der Waals surface area contributed by atoms with Crippen molar-refractivity contribution in [3.05, 3.63) is 42.0 Å². The molecule has 1 aromatic rings. The smallest absolute Gasteiger partial charge is 0.303 e. The summed E-state index contributed by atoms with van der Waals surface area (Å²) in [6.45, 7) is 1.94. The zero-order valence-electron chi connectivity index (χ0n) is 15.1. The number of aryl methyl sites for hydroxylation is 1. The minimum atomic E-state index is -3.52. The van der Waals surface area contributed by atoms with E-state index in [1.807, 2.05) is 25.1 Å². The fraction of sp³-hybridized carbons (Fsp3) is 0.550. The topological polar surface area (TPSA) is 83.5 Å². The van der Waals surface area contributed by atoms with Crippen molar-refractivity contribution in [1.29, 1.82) is 0 Å². The summed E-state index contributed by atoms with van der Waals surface area (Å²) in [4.78, 5) is 10.9. The summed E-state index contributed by atoms with van der Waals surface area (Å²) in [6.07, 6.45) is 8.96. The molecule has 1 aromatic carbocycles. The first-order valence-electron chi connectivity index (χ1n) is 9.34. The van der Waals surface area contributed by atoms with Gasteiger partial charge in [-0.05, 0) is 68.9 Å². The summed E-state index contributed by atoms with van der Waals surface area (Å²) in [6, 6.07) is 6.88. The number of nitrogens with one attached hydrogen (secondary N) is 1. The fourth-order valence-corrected chi connectivity index (χ4v) is 5.72. The lowest BCUT2D eigenvalue weighted by Crippen LogP contribution is -2.43. The number of carboxylic acid groups (broad SMARTS) is 1. The molecule has 0 radical (unpaired) electrons. The number of hydrogen-bond donors (Lipinski definition) is 2. The monoisotopic (exact) mass is 377 g/mol. The first-order chi connectivity index (χ1) is 12.4. The Labute approximate surface area is 155 Å². The Balaban J connectivity index is 1.67. The summed E-state index contributed by atoms with van der Waals surface area (Å²) >= 11 is 0. The third kappa shape index (κ3) is 4.35. The van der Waals surface area contributed by atoms with E-state index in [1.54, 1.807) is 12.1 Å². The van der Waals surface area contributed by atoms with Crippen LogP contribution in [0.4, 0.5) is 0 Å². The molecule has 142 valence electrons. The predicted molar refractivity (Wildman–Crippen MR) is 100 cm³/mol. The summed E-state index contributed by atoms with van der Waals surface area (Å²) < 4.78 is 28.5. The molecule has 0 aliphatic heterocycles. The van der Waals surface area contributed by atoms with Gasteiger partial charge in [-0.25, -0.2) is 13.1 Å². The van der Waals surface area contributed by atoms with Crippen LogP contribution >= 0.6 is 0 Å². The van der Waals surface area contributed by atoms with Gasteiger partial charge < -0.3 is 5.11 Å². The molecule has 0 amide bonds. The van der Waals surface area contributed by atoms with Crippen LogP contribution in [0.5, 0.6) is 0 Å². The molecule has 2 aliphatic carbocycles. The third-order valence-corrected chi connectivity index (χ3v) is 7.20. The molecule has 0 unspecified atom stereocenters. The number of sulfonamides is 1. The van der Waals surface area contributed by atoms with Gasteiger partial charge in [-0.15, -0.1) is 0 Å². The number of hydrogen-bond acceptors (Lipinski definition) is 3. The van der Waals surface area contributed by atoms with Crippen LogP contribution in [0.3, 0.4) is 0 Å². The number of allylic oxidation sites excluding steroid dienone is 1. The molecule has 2 saturated carbocycles. The molecule has 0 aromatic heterocycles. The second-order valence-electron chi connectivity index (χ2n) is 7.58. The lowest BCUT2D eigenvalue weighted by atomic mass is 9.84. The second-order valence-corrected chi connectivity index (χ2v) is 9.30. The number of fused-ring (bicyclic) bond motifs is 2. The molecule has 0 spiro atoms. The molecule has 2 bridgehead atoms. The van der Waals surface area contributed by atoms with Gasteiger partial charge in [-0.1, -0.05) is 29.8 Å². The van der Waals surface area contributed by atoms with Crippen LogP contribution in [0.2, 0.25) is 0 Å². The van der Waals surface area contributed by atoms with Crippen molar-refractivity contribution >= 4 is 16.0 Å². The van der Waals surface area contributed by atoms with E-state index in [9.17, 15) is 13.2 Å². The Morgan fingerprint density at radius 1 is 1.23 bits per heavy atom. The maximum absolute atomic E-state index is 12.8. The van der Waals surface area contributed by atoms with E-state index >= 15 is 0 Å². The van der Waals surface area contributed by atoms with Crippen LogP contribution < -0.4 is 4.72 Å². The van der Waals surface area contributed by atoms with Gasteiger partial charge in [0.15, 0.2) is 0 Å². The van der Waals surface area contributed by atoms with Gasteiger partial charge in [0.1, 0.15) is 0 Å². The average molecular weight is 378 g/mol. The standard InChI is InChI=1S/C20H27NO4S/c1-14-7-11-17(12-8-14)26(24,25)21-20-16-10-9-15(13-16)18(20)5-3-2-4-6-19(22)23/h3,5,7-8,11-12,15-16,18,20-21H,2,4,6,9-10,13H2,1H3,(H,22,23)/t15-,16+,18+,20+/m1/s1. The van der Waals surface area contributed by atoms with Gasteiger partial charge in [0, 0.05) is 12.5 Å². The maximum atomic E-state index is 12.8. The van der Waals surface area contributed by atoms with Crippen LogP contribution in [-0.4, -0.2) is 25.5 Å². The molecule has 2 N–H and O–H groups in total. The largest absolute Gasteiger partial charge is 0.481 e. The molecule has 2 fully saturated rings. The highest BCUT2D eigenvalue weighted by molar-refractivity contribution is 7.89. The van der Waals surface area contributed by atoms with E-state index < -0.39 is 16.0 Å². The van der Waals surface area contributed by atoms with Crippen molar-refractivity contribution in [2.45, 2.75) is 56.4 Å². The van der Waals surface area contributed by atoms with Crippen LogP contribution in [0.25, 0.3) is 0 Å². The van der Waals surface area contributed by atoms with Gasteiger partial charge in [0.05, 0.1) is 4.90 Å². The number of rotatable bonds is 8. The summed E-state index contributed by atoms with van der Waals surface area (Å²) in [5, 5.41) is 8.70. The SMILES string of the molecule is Cc1ccc(S(=O)(=O)N[C@H]2[C@H]3CC[C@H](C3)[C@@H]2C=CCCCC(=O)O)cc1. The van der Waals surface area contributed by atoms with Gasteiger partial charge >= 0.3 is 5.97 Å². The Bertz CT molecular complexity index is 770. The van der Waals surface area contributed by atoms with E-state index in [4.69, 9.17) is 5.11 Å².